The summed E-state index contributed by atoms with van der Waals surface area (Å²) in [6.07, 6.45) is 1.99. The van der Waals surface area contributed by atoms with Gasteiger partial charge in [-0.15, -0.1) is 0 Å². The van der Waals surface area contributed by atoms with E-state index in [-0.39, 0.29) is 0 Å². The fourth-order valence-electron chi connectivity index (χ4n) is 3.28. The summed E-state index contributed by atoms with van der Waals surface area (Å²) in [6, 6.07) is 28.6. The normalized spacial score (nSPS) is 12.0. The maximum Gasteiger partial charge on any atom is -0.00169 e. The van der Waals surface area contributed by atoms with Gasteiger partial charge in [0.25, 0.3) is 0 Å². The van der Waals surface area contributed by atoms with Crippen LogP contribution in [0.5, 0.6) is 0 Å². The van der Waals surface area contributed by atoms with E-state index in [1.54, 1.807) is 0 Å². The summed E-state index contributed by atoms with van der Waals surface area (Å²) in [7, 11) is 0. The molecule has 0 bridgehead atoms. The highest BCUT2D eigenvalue weighted by Crippen LogP contribution is 2.32. The molecule has 0 atom stereocenters. The molecule has 0 saturated carbocycles. The van der Waals surface area contributed by atoms with Crippen molar-refractivity contribution in [2.24, 2.45) is 0 Å². The Kier molecular flexibility index (Phi) is 5.50. The lowest BCUT2D eigenvalue weighted by Gasteiger charge is -2.16. The van der Waals surface area contributed by atoms with Crippen molar-refractivity contribution in [1.82, 2.24) is 0 Å². The van der Waals surface area contributed by atoms with Crippen LogP contribution in [0.2, 0.25) is 0 Å². The van der Waals surface area contributed by atoms with Gasteiger partial charge in [-0.25, -0.2) is 0 Å². The summed E-state index contributed by atoms with van der Waals surface area (Å²) in [5.41, 5.74) is 9.49. The molecule has 3 aromatic rings. The summed E-state index contributed by atoms with van der Waals surface area (Å²) in [4.78, 5) is 0. The molecule has 126 valence electrons. The molecule has 3 aromatic carbocycles. The van der Waals surface area contributed by atoms with Crippen LogP contribution in [-0.4, -0.2) is 0 Å². The van der Waals surface area contributed by atoms with E-state index in [0.717, 1.165) is 12.8 Å². The number of rotatable bonds is 5. The Bertz CT molecular complexity index is 835. The van der Waals surface area contributed by atoms with Crippen LogP contribution >= 0.6 is 0 Å². The van der Waals surface area contributed by atoms with Crippen molar-refractivity contribution in [3.8, 4) is 0 Å². The number of allylic oxidation sites excluding steroid dienone is 2. The van der Waals surface area contributed by atoms with Gasteiger partial charge in [-0.05, 0) is 54.5 Å². The zero-order chi connectivity index (χ0) is 17.6. The average molecular weight is 326 g/mol. The average Bonchev–Trinajstić information content (AvgIpc) is 2.65. The quantitative estimate of drug-likeness (QED) is 0.449. The molecule has 0 saturated heterocycles. The zero-order valence-electron chi connectivity index (χ0n) is 15.4. The molecule has 0 spiro atoms. The number of hydrogen-bond donors (Lipinski definition) is 0. The highest BCUT2D eigenvalue weighted by Gasteiger charge is 2.11. The van der Waals surface area contributed by atoms with Gasteiger partial charge in [-0.2, -0.15) is 0 Å². The Morgan fingerprint density at radius 3 is 1.68 bits per heavy atom. The molecule has 25 heavy (non-hydrogen) atoms. The molecule has 3 rings (SSSR count). The Hall–Kier alpha value is -2.60. The molecule has 0 aliphatic rings. The second-order valence-corrected chi connectivity index (χ2v) is 6.71. The highest BCUT2D eigenvalue weighted by atomic mass is 14.2. The lowest BCUT2D eigenvalue weighted by Crippen LogP contribution is -1.97. The summed E-state index contributed by atoms with van der Waals surface area (Å²) >= 11 is 0. The minimum absolute atomic E-state index is 0.960. The van der Waals surface area contributed by atoms with Crippen molar-refractivity contribution in [3.63, 3.8) is 0 Å². The van der Waals surface area contributed by atoms with E-state index in [9.17, 15) is 0 Å². The standard InChI is InChI=1S/C25H26/c1-4-24(22-8-6-5-7-9-22)25(23-16-12-20(3)13-17-23)18-21-14-10-19(2)11-15-21/h5-17H,4,18H2,1-3H3/b25-24-. The first-order chi connectivity index (χ1) is 12.2. The first-order valence-corrected chi connectivity index (χ1v) is 9.07. The number of benzene rings is 3. The van der Waals surface area contributed by atoms with Crippen LogP contribution in [0.25, 0.3) is 11.1 Å². The topological polar surface area (TPSA) is 0 Å². The van der Waals surface area contributed by atoms with Crippen molar-refractivity contribution in [3.05, 3.63) is 107 Å². The lowest BCUT2D eigenvalue weighted by atomic mass is 9.88. The van der Waals surface area contributed by atoms with E-state index < -0.39 is 0 Å². The van der Waals surface area contributed by atoms with Crippen LogP contribution in [-0.2, 0) is 6.42 Å². The molecule has 0 unspecified atom stereocenters. The third kappa shape index (κ3) is 4.28. The summed E-state index contributed by atoms with van der Waals surface area (Å²) in [5.74, 6) is 0. The molecule has 0 radical (unpaired) electrons. The molecule has 0 amide bonds. The first-order valence-electron chi connectivity index (χ1n) is 9.07. The zero-order valence-corrected chi connectivity index (χ0v) is 15.4. The Labute approximate surface area is 151 Å². The van der Waals surface area contributed by atoms with E-state index in [1.807, 2.05) is 0 Å². The van der Waals surface area contributed by atoms with Crippen molar-refractivity contribution < 1.29 is 0 Å². The minimum Gasteiger partial charge on any atom is -0.0622 e. The van der Waals surface area contributed by atoms with Crippen molar-refractivity contribution >= 4 is 11.1 Å². The summed E-state index contributed by atoms with van der Waals surface area (Å²) in [5, 5.41) is 0. The maximum absolute atomic E-state index is 2.26. The van der Waals surface area contributed by atoms with E-state index in [2.05, 4.69) is 99.6 Å². The number of hydrogen-bond acceptors (Lipinski definition) is 0. The van der Waals surface area contributed by atoms with Crippen molar-refractivity contribution in [2.45, 2.75) is 33.6 Å². The van der Waals surface area contributed by atoms with Gasteiger partial charge in [-0.1, -0.05) is 96.9 Å². The van der Waals surface area contributed by atoms with Crippen LogP contribution in [0.4, 0.5) is 0 Å². The molecule has 0 nitrogen and oxygen atoms in total. The van der Waals surface area contributed by atoms with Gasteiger partial charge >= 0.3 is 0 Å². The monoisotopic (exact) mass is 326 g/mol. The van der Waals surface area contributed by atoms with Crippen molar-refractivity contribution in [2.75, 3.05) is 0 Å². The fourth-order valence-corrected chi connectivity index (χ4v) is 3.28. The second kappa shape index (κ2) is 7.98. The SMILES string of the molecule is CC/C(=C(\Cc1ccc(C)cc1)c1ccc(C)cc1)c1ccccc1. The lowest BCUT2D eigenvalue weighted by molar-refractivity contribution is 1.20. The van der Waals surface area contributed by atoms with Crippen LogP contribution in [0.1, 0.15) is 41.2 Å². The van der Waals surface area contributed by atoms with Crippen LogP contribution < -0.4 is 0 Å². The molecule has 0 fully saturated rings. The van der Waals surface area contributed by atoms with E-state index in [0.29, 0.717) is 0 Å². The van der Waals surface area contributed by atoms with Crippen LogP contribution in [0, 0.1) is 13.8 Å². The molecule has 0 aromatic heterocycles. The molecule has 0 aliphatic heterocycles. The van der Waals surface area contributed by atoms with Gasteiger partial charge < -0.3 is 0 Å². The Balaban J connectivity index is 2.11. The van der Waals surface area contributed by atoms with Gasteiger partial charge in [0.05, 0.1) is 0 Å². The fraction of sp³-hybridized carbons (Fsp3) is 0.200. The molecular weight excluding hydrogens is 300 g/mol. The molecule has 0 aliphatic carbocycles. The van der Waals surface area contributed by atoms with E-state index in [4.69, 9.17) is 0 Å². The molecule has 0 heterocycles. The molecule has 0 heteroatoms. The van der Waals surface area contributed by atoms with Crippen LogP contribution in [0.3, 0.4) is 0 Å². The van der Waals surface area contributed by atoms with Gasteiger partial charge in [0.2, 0.25) is 0 Å². The predicted molar refractivity (Wildman–Crippen MR) is 110 cm³/mol. The Morgan fingerprint density at radius 2 is 1.12 bits per heavy atom. The van der Waals surface area contributed by atoms with Gasteiger partial charge in [0.1, 0.15) is 0 Å². The van der Waals surface area contributed by atoms with E-state index in [1.165, 1.54) is 39.0 Å². The maximum atomic E-state index is 2.26. The second-order valence-electron chi connectivity index (χ2n) is 6.71. The molecular formula is C25H26. The third-order valence-corrected chi connectivity index (χ3v) is 4.74. The van der Waals surface area contributed by atoms with E-state index >= 15 is 0 Å². The van der Waals surface area contributed by atoms with Gasteiger partial charge in [0.15, 0.2) is 0 Å². The van der Waals surface area contributed by atoms with Crippen molar-refractivity contribution in [1.29, 1.82) is 0 Å². The van der Waals surface area contributed by atoms with Gasteiger partial charge in [-0.3, -0.25) is 0 Å². The molecule has 0 N–H and O–H groups in total. The third-order valence-electron chi connectivity index (χ3n) is 4.74. The Morgan fingerprint density at radius 1 is 0.600 bits per heavy atom. The smallest absolute Gasteiger partial charge is 0.00169 e. The number of aryl methyl sites for hydroxylation is 2. The summed E-state index contributed by atoms with van der Waals surface area (Å²) < 4.78 is 0. The largest absolute Gasteiger partial charge is 0.0622 e. The highest BCUT2D eigenvalue weighted by molar-refractivity contribution is 5.91. The first kappa shape index (κ1) is 17.2. The minimum atomic E-state index is 0.960. The summed E-state index contributed by atoms with van der Waals surface area (Å²) in [6.45, 7) is 6.54. The van der Waals surface area contributed by atoms with Crippen LogP contribution in [0.15, 0.2) is 78.9 Å². The van der Waals surface area contributed by atoms with Gasteiger partial charge in [0, 0.05) is 0 Å². The predicted octanol–water partition coefficient (Wildman–Crippen LogP) is 6.87.